The van der Waals surface area contributed by atoms with Gasteiger partial charge in [0.1, 0.15) is 11.0 Å². The summed E-state index contributed by atoms with van der Waals surface area (Å²) in [6, 6.07) is 8.45. The van der Waals surface area contributed by atoms with Crippen molar-refractivity contribution in [2.24, 2.45) is 23.3 Å². The number of benzene rings is 1. The van der Waals surface area contributed by atoms with E-state index in [9.17, 15) is 18.0 Å². The molecule has 2 aliphatic heterocycles. The van der Waals surface area contributed by atoms with Crippen LogP contribution in [0.2, 0.25) is 5.15 Å². The summed E-state index contributed by atoms with van der Waals surface area (Å²) in [5, 5.41) is 2.90. The van der Waals surface area contributed by atoms with Crippen LogP contribution in [0.3, 0.4) is 0 Å². The van der Waals surface area contributed by atoms with E-state index in [-0.39, 0.29) is 90.6 Å². The van der Waals surface area contributed by atoms with Gasteiger partial charge in [-0.25, -0.2) is 22.2 Å². The smallest absolute Gasteiger partial charge is 0.276 e. The summed E-state index contributed by atoms with van der Waals surface area (Å²) >= 11 is 6.27. The Hall–Kier alpha value is -2.95. The molecule has 5 rings (SSSR count). The minimum absolute atomic E-state index is 0.0659. The van der Waals surface area contributed by atoms with Crippen molar-refractivity contribution in [2.45, 2.75) is 49.0 Å². The third kappa shape index (κ3) is 8.68. The number of hydrogen-bond acceptors (Lipinski definition) is 8. The fourth-order valence-corrected chi connectivity index (χ4v) is 8.59. The lowest BCUT2D eigenvalue weighted by molar-refractivity contribution is -0.887. The summed E-state index contributed by atoms with van der Waals surface area (Å²) < 4.78 is 60.8. The zero-order valence-corrected chi connectivity index (χ0v) is 29.7. The molecule has 2 saturated heterocycles. The largest absolute Gasteiger partial charge is 0.354 e. The number of halogens is 3. The minimum Gasteiger partial charge on any atom is -0.354 e. The molecular formula is C33H48ClF2N8O4S+. The van der Waals surface area contributed by atoms with Gasteiger partial charge in [0.15, 0.2) is 0 Å². The van der Waals surface area contributed by atoms with Crippen molar-refractivity contribution in [3.05, 3.63) is 47.1 Å². The van der Waals surface area contributed by atoms with Gasteiger partial charge in [0, 0.05) is 74.8 Å². The quantitative estimate of drug-likeness (QED) is 0.223. The number of carbonyl (C=O) groups is 2. The van der Waals surface area contributed by atoms with Crippen LogP contribution < -0.4 is 26.6 Å². The van der Waals surface area contributed by atoms with Crippen LogP contribution in [0, 0.1) is 11.8 Å². The number of rotatable bonds is 12. The Bertz CT molecular complexity index is 1600. The van der Waals surface area contributed by atoms with Crippen LogP contribution in [-0.2, 0) is 25.5 Å². The van der Waals surface area contributed by atoms with Gasteiger partial charge in [-0.1, -0.05) is 11.6 Å². The highest BCUT2D eigenvalue weighted by molar-refractivity contribution is 7.89. The number of carbonyl (C=O) groups excluding carboxylic acids is 2. The summed E-state index contributed by atoms with van der Waals surface area (Å²) in [7, 11) is 0.264. The van der Waals surface area contributed by atoms with E-state index in [1.807, 2.05) is 14.1 Å². The number of pyridine rings is 1. The molecule has 1 atom stereocenters. The molecule has 0 radical (unpaired) electrons. The lowest BCUT2D eigenvalue weighted by atomic mass is 9.77. The molecule has 1 saturated carbocycles. The fourth-order valence-electron chi connectivity index (χ4n) is 6.97. The van der Waals surface area contributed by atoms with Gasteiger partial charge < -0.3 is 31.1 Å². The van der Waals surface area contributed by atoms with Gasteiger partial charge in [-0.2, -0.15) is 4.31 Å². The van der Waals surface area contributed by atoms with Gasteiger partial charge in [0.2, 0.25) is 21.8 Å². The molecule has 270 valence electrons. The maximum atomic E-state index is 15.9. The number of alkyl halides is 2. The number of piperazine rings is 1. The highest BCUT2D eigenvalue weighted by Crippen LogP contribution is 2.46. The van der Waals surface area contributed by atoms with Gasteiger partial charge in [0.05, 0.1) is 38.6 Å². The van der Waals surface area contributed by atoms with E-state index in [1.165, 1.54) is 28.6 Å². The molecule has 0 unspecified atom stereocenters. The molecule has 3 aliphatic rings. The number of quaternary nitrogens is 1. The summed E-state index contributed by atoms with van der Waals surface area (Å²) in [6.45, 7) is 3.69. The van der Waals surface area contributed by atoms with Crippen molar-refractivity contribution in [2.75, 3.05) is 82.8 Å². The first kappa shape index (κ1) is 37.3. The van der Waals surface area contributed by atoms with Crippen LogP contribution in [-0.4, -0.2) is 113 Å². The molecule has 3 fully saturated rings. The van der Waals surface area contributed by atoms with Crippen molar-refractivity contribution < 1.29 is 31.3 Å². The molecule has 1 aliphatic carbocycles. The second kappa shape index (κ2) is 15.1. The highest BCUT2D eigenvalue weighted by atomic mass is 35.5. The number of nitrogens with one attached hydrogen (secondary N) is 1. The molecule has 16 heteroatoms. The van der Waals surface area contributed by atoms with Gasteiger partial charge in [0.25, 0.3) is 5.92 Å². The lowest BCUT2D eigenvalue weighted by Gasteiger charge is -2.36. The molecule has 5 N–H and O–H groups in total. The summed E-state index contributed by atoms with van der Waals surface area (Å²) in [4.78, 5) is 32.7. The van der Waals surface area contributed by atoms with Crippen LogP contribution in [0.5, 0.6) is 0 Å². The Labute approximate surface area is 292 Å². The molecule has 3 heterocycles. The number of amides is 2. The Kier molecular flexibility index (Phi) is 11.5. The van der Waals surface area contributed by atoms with E-state index in [0.29, 0.717) is 42.6 Å². The maximum absolute atomic E-state index is 15.9. The Morgan fingerprint density at radius 1 is 1.06 bits per heavy atom. The van der Waals surface area contributed by atoms with Crippen molar-refractivity contribution >= 4 is 44.9 Å². The molecule has 2 amide bonds. The van der Waals surface area contributed by atoms with E-state index in [2.05, 4.69) is 10.3 Å². The third-order valence-corrected chi connectivity index (χ3v) is 12.1. The lowest BCUT2D eigenvalue weighted by Crippen LogP contribution is -2.49. The molecule has 49 heavy (non-hydrogen) atoms. The number of anilines is 2. The molecular weight excluding hydrogens is 678 g/mol. The normalized spacial score (nSPS) is 22.8. The summed E-state index contributed by atoms with van der Waals surface area (Å²) in [5.41, 5.74) is 11.9. The van der Waals surface area contributed by atoms with Crippen LogP contribution in [0.4, 0.5) is 20.3 Å². The first-order valence-electron chi connectivity index (χ1n) is 16.9. The number of hydrogen-bond donors (Lipinski definition) is 3. The van der Waals surface area contributed by atoms with Crippen LogP contribution in [0.1, 0.15) is 37.7 Å². The summed E-state index contributed by atoms with van der Waals surface area (Å²) in [5.74, 6) is -4.36. The molecule has 2 aromatic rings. The second-order valence-electron chi connectivity index (χ2n) is 14.0. The minimum atomic E-state index is -3.83. The standard InChI is InChI=1S/C33H47ClF2N8O4S/c1-44(2,17-11-37)18-12-39-32(46)23-3-5-24(6-4-23)33(35,36)25-19-29(34)40-30(20-25)41-13-15-42(16-14-41)49(47,48)28-9-7-27(8-10-28)43-22-26(38)21-31(43)45/h7-10,19-20,23-24,26H,3-6,11-18,21-22,37-38H2,1-2H3/p+1/t23-,24-,26-/m1/s1. The van der Waals surface area contributed by atoms with Crippen molar-refractivity contribution in [3.63, 3.8) is 0 Å². The molecule has 1 aromatic heterocycles. The number of likely N-dealkylation sites (N-methyl/N-ethyl adjacent to an activating group) is 1. The Balaban J connectivity index is 1.16. The average Bonchev–Trinajstić information content (AvgIpc) is 3.41. The molecule has 0 spiro atoms. The average molecular weight is 726 g/mol. The number of sulfonamides is 1. The number of aromatic nitrogens is 1. The van der Waals surface area contributed by atoms with Gasteiger partial charge in [-0.15, -0.1) is 0 Å². The van der Waals surface area contributed by atoms with Gasteiger partial charge in [-0.3, -0.25) is 9.59 Å². The van der Waals surface area contributed by atoms with E-state index in [4.69, 9.17) is 23.1 Å². The highest BCUT2D eigenvalue weighted by Gasteiger charge is 2.44. The van der Waals surface area contributed by atoms with Gasteiger partial charge in [-0.05, 0) is 62.1 Å². The van der Waals surface area contributed by atoms with E-state index in [1.54, 1.807) is 21.9 Å². The zero-order valence-electron chi connectivity index (χ0n) is 28.2. The third-order valence-electron chi connectivity index (χ3n) is 10.0. The topological polar surface area (TPSA) is 155 Å². The molecule has 12 nitrogen and oxygen atoms in total. The fraction of sp³-hybridized carbons (Fsp3) is 0.606. The van der Waals surface area contributed by atoms with Crippen molar-refractivity contribution in [3.8, 4) is 0 Å². The SMILES string of the molecule is C[N+](C)(CCN)CCNC(=O)[C@H]1CC[C@H](C(F)(F)c2cc(Cl)nc(N3CCN(S(=O)(=O)c4ccc(N5C[C@H](N)CC5=O)cc4)CC3)c2)CC1. The zero-order chi connectivity index (χ0) is 35.6. The van der Waals surface area contributed by atoms with Crippen molar-refractivity contribution in [1.82, 2.24) is 14.6 Å². The Morgan fingerprint density at radius 2 is 1.71 bits per heavy atom. The monoisotopic (exact) mass is 725 g/mol. The van der Waals surface area contributed by atoms with E-state index >= 15 is 8.78 Å². The maximum Gasteiger partial charge on any atom is 0.276 e. The predicted octanol–water partition coefficient (Wildman–Crippen LogP) is 2.36. The van der Waals surface area contributed by atoms with Crippen LogP contribution >= 0.6 is 11.6 Å². The second-order valence-corrected chi connectivity index (χ2v) is 16.3. The van der Waals surface area contributed by atoms with Crippen LogP contribution in [0.25, 0.3) is 0 Å². The first-order valence-corrected chi connectivity index (χ1v) is 18.7. The van der Waals surface area contributed by atoms with E-state index in [0.717, 1.165) is 13.1 Å². The Morgan fingerprint density at radius 3 is 2.31 bits per heavy atom. The van der Waals surface area contributed by atoms with E-state index < -0.39 is 21.9 Å². The molecule has 1 aromatic carbocycles. The summed E-state index contributed by atoms with van der Waals surface area (Å²) in [6.07, 6.45) is 1.41. The number of nitrogens with two attached hydrogens (primary N) is 2. The first-order chi connectivity index (χ1) is 23.1. The van der Waals surface area contributed by atoms with Crippen LogP contribution in [0.15, 0.2) is 41.3 Å². The van der Waals surface area contributed by atoms with Crippen molar-refractivity contribution in [1.29, 1.82) is 0 Å². The number of nitrogens with zero attached hydrogens (tertiary/aromatic N) is 5. The predicted molar refractivity (Wildman–Crippen MR) is 185 cm³/mol. The van der Waals surface area contributed by atoms with Gasteiger partial charge >= 0.3 is 0 Å². The molecule has 0 bridgehead atoms.